The molecule has 0 saturated carbocycles. The van der Waals surface area contributed by atoms with E-state index < -0.39 is 0 Å². The summed E-state index contributed by atoms with van der Waals surface area (Å²) < 4.78 is 3.57. The van der Waals surface area contributed by atoms with Gasteiger partial charge in [0.2, 0.25) is 0 Å². The Labute approximate surface area is 138 Å². The molecule has 0 radical (unpaired) electrons. The van der Waals surface area contributed by atoms with Crippen LogP contribution in [0.2, 0.25) is 0 Å². The number of aryl methyl sites for hydroxylation is 1. The Bertz CT molecular complexity index is 793. The molecule has 106 valence electrons. The summed E-state index contributed by atoms with van der Waals surface area (Å²) in [5.74, 6) is 0.643. The molecule has 2 aromatic carbocycles. The van der Waals surface area contributed by atoms with E-state index in [-0.39, 0.29) is 0 Å². The maximum Gasteiger partial charge on any atom is 0.187 e. The lowest BCUT2D eigenvalue weighted by Crippen LogP contribution is -2.02. The van der Waals surface area contributed by atoms with E-state index in [4.69, 9.17) is 5.73 Å². The molecule has 0 bridgehead atoms. The van der Waals surface area contributed by atoms with E-state index in [1.54, 1.807) is 4.68 Å². The van der Waals surface area contributed by atoms with Gasteiger partial charge in [-0.15, -0.1) is 5.10 Å². The van der Waals surface area contributed by atoms with Crippen molar-refractivity contribution in [1.29, 1.82) is 0 Å². The van der Waals surface area contributed by atoms with Crippen molar-refractivity contribution in [3.8, 4) is 17.1 Å². The van der Waals surface area contributed by atoms with Gasteiger partial charge in [0, 0.05) is 20.2 Å². The van der Waals surface area contributed by atoms with Gasteiger partial charge in [-0.3, -0.25) is 0 Å². The summed E-state index contributed by atoms with van der Waals surface area (Å²) in [7, 11) is 0. The lowest BCUT2D eigenvalue weighted by Gasteiger charge is -2.09. The highest BCUT2D eigenvalue weighted by Gasteiger charge is 2.13. The number of nitrogens with zero attached hydrogens (tertiary/aromatic N) is 4. The van der Waals surface area contributed by atoms with Crippen molar-refractivity contribution < 1.29 is 0 Å². The van der Waals surface area contributed by atoms with Crippen LogP contribution in [0.3, 0.4) is 0 Å². The van der Waals surface area contributed by atoms with Gasteiger partial charge in [0.25, 0.3) is 0 Å². The number of rotatable bonds is 2. The van der Waals surface area contributed by atoms with Gasteiger partial charge < -0.3 is 5.73 Å². The number of halogens is 2. The molecule has 21 heavy (non-hydrogen) atoms. The van der Waals surface area contributed by atoms with E-state index in [1.807, 2.05) is 43.3 Å². The SMILES string of the molecule is Cc1ccc(Br)cc1-n1nnnc1-c1cc(N)cc(Br)c1. The molecule has 0 aliphatic heterocycles. The monoisotopic (exact) mass is 407 g/mol. The van der Waals surface area contributed by atoms with Gasteiger partial charge in [-0.2, -0.15) is 4.68 Å². The Morgan fingerprint density at radius 3 is 2.62 bits per heavy atom. The number of anilines is 1. The lowest BCUT2D eigenvalue weighted by atomic mass is 10.1. The first-order valence-electron chi connectivity index (χ1n) is 6.16. The summed E-state index contributed by atoms with van der Waals surface area (Å²) >= 11 is 6.92. The van der Waals surface area contributed by atoms with Crippen LogP contribution in [0.25, 0.3) is 17.1 Å². The van der Waals surface area contributed by atoms with E-state index in [0.717, 1.165) is 25.8 Å². The van der Waals surface area contributed by atoms with Gasteiger partial charge in [0.05, 0.1) is 5.69 Å². The van der Waals surface area contributed by atoms with Crippen LogP contribution in [-0.4, -0.2) is 20.2 Å². The van der Waals surface area contributed by atoms with Crippen molar-refractivity contribution in [2.24, 2.45) is 0 Å². The fourth-order valence-corrected chi connectivity index (χ4v) is 2.94. The molecule has 0 amide bonds. The maximum absolute atomic E-state index is 5.89. The molecule has 1 heterocycles. The molecule has 0 atom stereocenters. The predicted molar refractivity (Wildman–Crippen MR) is 89.1 cm³/mol. The minimum atomic E-state index is 0.643. The Balaban J connectivity index is 2.19. The molecule has 7 heteroatoms. The Kier molecular flexibility index (Phi) is 3.77. The molecule has 1 aromatic heterocycles. The van der Waals surface area contributed by atoms with Gasteiger partial charge in [0.15, 0.2) is 5.82 Å². The van der Waals surface area contributed by atoms with Crippen LogP contribution in [0.15, 0.2) is 45.3 Å². The molecule has 3 rings (SSSR count). The van der Waals surface area contributed by atoms with Crippen LogP contribution >= 0.6 is 31.9 Å². The maximum atomic E-state index is 5.89. The fraction of sp³-hybridized carbons (Fsp3) is 0.0714. The topological polar surface area (TPSA) is 69.6 Å². The van der Waals surface area contributed by atoms with E-state index in [1.165, 1.54) is 0 Å². The molecular weight excluding hydrogens is 398 g/mol. The number of hydrogen-bond donors (Lipinski definition) is 1. The number of benzene rings is 2. The summed E-state index contributed by atoms with van der Waals surface area (Å²) in [6.45, 7) is 2.02. The number of aromatic nitrogens is 4. The number of hydrogen-bond acceptors (Lipinski definition) is 4. The Morgan fingerprint density at radius 2 is 1.86 bits per heavy atom. The first-order valence-corrected chi connectivity index (χ1v) is 7.74. The molecule has 0 fully saturated rings. The predicted octanol–water partition coefficient (Wildman–Crippen LogP) is 3.74. The average Bonchev–Trinajstić information content (AvgIpc) is 2.89. The van der Waals surface area contributed by atoms with Crippen molar-refractivity contribution >= 4 is 37.5 Å². The molecule has 0 aliphatic rings. The first kappa shape index (κ1) is 14.2. The minimum absolute atomic E-state index is 0.643. The highest BCUT2D eigenvalue weighted by atomic mass is 79.9. The van der Waals surface area contributed by atoms with Gasteiger partial charge in [-0.05, 0) is 53.2 Å². The molecule has 0 aliphatic carbocycles. The van der Waals surface area contributed by atoms with Crippen LogP contribution < -0.4 is 5.73 Å². The first-order chi connectivity index (χ1) is 10.0. The van der Waals surface area contributed by atoms with Crippen LogP contribution in [0.1, 0.15) is 5.56 Å². The summed E-state index contributed by atoms with van der Waals surface area (Å²) in [5.41, 5.74) is 9.40. The smallest absolute Gasteiger partial charge is 0.187 e. The Hall–Kier alpha value is -1.73. The second kappa shape index (κ2) is 5.57. The largest absolute Gasteiger partial charge is 0.399 e. The average molecular weight is 409 g/mol. The van der Waals surface area contributed by atoms with E-state index in [2.05, 4.69) is 47.4 Å². The van der Waals surface area contributed by atoms with Crippen LogP contribution in [0.5, 0.6) is 0 Å². The normalized spacial score (nSPS) is 10.8. The molecule has 0 spiro atoms. The molecular formula is C14H11Br2N5. The number of nitrogens with two attached hydrogens (primary N) is 1. The van der Waals surface area contributed by atoms with Gasteiger partial charge >= 0.3 is 0 Å². The van der Waals surface area contributed by atoms with E-state index >= 15 is 0 Å². The van der Waals surface area contributed by atoms with Gasteiger partial charge in [-0.1, -0.05) is 37.9 Å². The van der Waals surface area contributed by atoms with Crippen molar-refractivity contribution in [2.45, 2.75) is 6.92 Å². The minimum Gasteiger partial charge on any atom is -0.399 e. The van der Waals surface area contributed by atoms with E-state index in [0.29, 0.717) is 11.5 Å². The highest BCUT2D eigenvalue weighted by Crippen LogP contribution is 2.27. The molecule has 2 N–H and O–H groups in total. The summed E-state index contributed by atoms with van der Waals surface area (Å²) in [4.78, 5) is 0. The summed E-state index contributed by atoms with van der Waals surface area (Å²) in [6.07, 6.45) is 0. The third-order valence-corrected chi connectivity index (χ3v) is 4.00. The standard InChI is InChI=1S/C14H11Br2N5/c1-8-2-3-10(15)7-13(8)21-14(18-19-20-21)9-4-11(16)6-12(17)5-9/h2-7H,17H2,1H3. The van der Waals surface area contributed by atoms with Crippen molar-refractivity contribution in [1.82, 2.24) is 20.2 Å². The van der Waals surface area contributed by atoms with Crippen LogP contribution in [0, 0.1) is 6.92 Å². The summed E-state index contributed by atoms with van der Waals surface area (Å²) in [5, 5.41) is 12.0. The molecule has 0 saturated heterocycles. The van der Waals surface area contributed by atoms with Gasteiger partial charge in [0.1, 0.15) is 0 Å². The second-order valence-electron chi connectivity index (χ2n) is 4.62. The molecule has 3 aromatic rings. The highest BCUT2D eigenvalue weighted by molar-refractivity contribution is 9.10. The third-order valence-electron chi connectivity index (χ3n) is 3.05. The van der Waals surface area contributed by atoms with Crippen LogP contribution in [-0.2, 0) is 0 Å². The number of tetrazole rings is 1. The summed E-state index contributed by atoms with van der Waals surface area (Å²) in [6, 6.07) is 11.6. The zero-order chi connectivity index (χ0) is 15.0. The second-order valence-corrected chi connectivity index (χ2v) is 6.45. The zero-order valence-electron chi connectivity index (χ0n) is 11.1. The van der Waals surface area contributed by atoms with E-state index in [9.17, 15) is 0 Å². The fourth-order valence-electron chi connectivity index (χ4n) is 2.08. The lowest BCUT2D eigenvalue weighted by molar-refractivity contribution is 0.787. The zero-order valence-corrected chi connectivity index (χ0v) is 14.3. The molecule has 5 nitrogen and oxygen atoms in total. The van der Waals surface area contributed by atoms with Crippen LogP contribution in [0.4, 0.5) is 5.69 Å². The van der Waals surface area contributed by atoms with Crippen molar-refractivity contribution in [3.05, 3.63) is 50.9 Å². The number of nitrogen functional groups attached to an aromatic ring is 1. The van der Waals surface area contributed by atoms with Crippen molar-refractivity contribution in [3.63, 3.8) is 0 Å². The quantitative estimate of drug-likeness (QED) is 0.655. The van der Waals surface area contributed by atoms with Gasteiger partial charge in [-0.25, -0.2) is 0 Å². The molecule has 0 unspecified atom stereocenters. The third kappa shape index (κ3) is 2.84. The van der Waals surface area contributed by atoms with Crippen molar-refractivity contribution in [2.75, 3.05) is 5.73 Å². The Morgan fingerprint density at radius 1 is 1.05 bits per heavy atom.